The van der Waals surface area contributed by atoms with Crippen molar-refractivity contribution in [2.75, 3.05) is 12.8 Å². The predicted molar refractivity (Wildman–Crippen MR) is 69.1 cm³/mol. The molecule has 1 fully saturated rings. The van der Waals surface area contributed by atoms with Crippen LogP contribution < -0.4 is 5.32 Å². The molecule has 7 heteroatoms. The van der Waals surface area contributed by atoms with E-state index >= 15 is 0 Å². The lowest BCUT2D eigenvalue weighted by atomic mass is 9.99. The summed E-state index contributed by atoms with van der Waals surface area (Å²) in [5.74, 6) is 0.937. The van der Waals surface area contributed by atoms with Crippen molar-refractivity contribution < 1.29 is 0 Å². The number of nitrogens with one attached hydrogen (secondary N) is 1. The lowest BCUT2D eigenvalue weighted by molar-refractivity contribution is 0.451. The highest BCUT2D eigenvalue weighted by Gasteiger charge is 2.28. The fraction of sp³-hybridized carbons (Fsp3) is 0.818. The number of rotatable bonds is 7. The lowest BCUT2D eigenvalue weighted by Crippen LogP contribution is -2.37. The van der Waals surface area contributed by atoms with Gasteiger partial charge in [-0.05, 0) is 50.1 Å². The van der Waals surface area contributed by atoms with E-state index in [1.807, 2.05) is 18.7 Å². The van der Waals surface area contributed by atoms with Gasteiger partial charge in [-0.15, -0.1) is 5.10 Å². The van der Waals surface area contributed by atoms with Crippen LogP contribution in [0.5, 0.6) is 0 Å². The molecule has 0 spiro atoms. The number of hydrogen-bond acceptors (Lipinski definition) is 6. The van der Waals surface area contributed by atoms with Gasteiger partial charge in [0.2, 0.25) is 5.16 Å². The van der Waals surface area contributed by atoms with Crippen LogP contribution in [0.1, 0.15) is 38.6 Å². The van der Waals surface area contributed by atoms with Crippen LogP contribution in [0.4, 0.5) is 0 Å². The van der Waals surface area contributed by atoms with Gasteiger partial charge in [-0.2, -0.15) is 5.26 Å². The van der Waals surface area contributed by atoms with Gasteiger partial charge < -0.3 is 5.32 Å². The minimum Gasteiger partial charge on any atom is -0.303 e. The van der Waals surface area contributed by atoms with Gasteiger partial charge in [0, 0.05) is 5.75 Å². The van der Waals surface area contributed by atoms with Gasteiger partial charge >= 0.3 is 0 Å². The summed E-state index contributed by atoms with van der Waals surface area (Å²) in [6, 6.07) is 2.81. The molecule has 1 saturated carbocycles. The number of tetrazole rings is 1. The molecule has 0 amide bonds. The summed E-state index contributed by atoms with van der Waals surface area (Å²) in [5, 5.41) is 24.8. The highest BCUT2D eigenvalue weighted by molar-refractivity contribution is 7.99. The number of nitriles is 1. The second-order valence-electron chi connectivity index (χ2n) is 4.78. The van der Waals surface area contributed by atoms with Crippen molar-refractivity contribution >= 4 is 11.8 Å². The van der Waals surface area contributed by atoms with E-state index in [4.69, 9.17) is 5.26 Å². The van der Waals surface area contributed by atoms with Crippen LogP contribution in [0.15, 0.2) is 5.16 Å². The third-order valence-corrected chi connectivity index (χ3v) is 4.23. The minimum atomic E-state index is -0.428. The highest BCUT2D eigenvalue weighted by Crippen LogP contribution is 2.36. The van der Waals surface area contributed by atoms with Crippen LogP contribution in [0.2, 0.25) is 0 Å². The molecule has 1 aromatic heterocycles. The molecule has 0 aromatic carbocycles. The first-order valence-electron chi connectivity index (χ1n) is 6.19. The molecule has 0 bridgehead atoms. The fourth-order valence-corrected chi connectivity index (χ4v) is 2.54. The molecule has 98 valence electrons. The maximum Gasteiger partial charge on any atom is 0.209 e. The molecule has 6 nitrogen and oxygen atoms in total. The van der Waals surface area contributed by atoms with E-state index in [0.29, 0.717) is 6.04 Å². The molecule has 0 saturated heterocycles. The topological polar surface area (TPSA) is 79.4 Å². The summed E-state index contributed by atoms with van der Waals surface area (Å²) in [6.45, 7) is 1.92. The first-order chi connectivity index (χ1) is 8.68. The molecule has 1 aliphatic carbocycles. The van der Waals surface area contributed by atoms with Crippen molar-refractivity contribution in [1.29, 1.82) is 5.26 Å². The van der Waals surface area contributed by atoms with E-state index in [1.54, 1.807) is 11.8 Å². The maximum atomic E-state index is 9.04. The van der Waals surface area contributed by atoms with Gasteiger partial charge in [-0.3, -0.25) is 0 Å². The van der Waals surface area contributed by atoms with Crippen LogP contribution in [0.25, 0.3) is 0 Å². The molecule has 0 radical (unpaired) electrons. The molecule has 1 unspecified atom stereocenters. The van der Waals surface area contributed by atoms with Crippen molar-refractivity contribution in [3.8, 4) is 6.07 Å². The third-order valence-electron chi connectivity index (χ3n) is 3.21. The Labute approximate surface area is 111 Å². The Morgan fingerprint density at radius 1 is 1.61 bits per heavy atom. The number of hydrogen-bond donors (Lipinski definition) is 1. The zero-order valence-electron chi connectivity index (χ0n) is 10.8. The van der Waals surface area contributed by atoms with E-state index in [9.17, 15) is 0 Å². The fourth-order valence-electron chi connectivity index (χ4n) is 1.65. The Bertz CT molecular complexity index is 435. The van der Waals surface area contributed by atoms with Crippen LogP contribution in [-0.2, 0) is 0 Å². The summed E-state index contributed by atoms with van der Waals surface area (Å²) in [4.78, 5) is 0. The van der Waals surface area contributed by atoms with Gasteiger partial charge in [0.25, 0.3) is 0 Å². The van der Waals surface area contributed by atoms with Crippen LogP contribution >= 0.6 is 11.8 Å². The highest BCUT2D eigenvalue weighted by atomic mass is 32.2. The second kappa shape index (κ2) is 5.67. The normalized spacial score (nSPS) is 18.3. The standard InChI is InChI=1S/C11H18N6S/c1-11(8-12,13-2)6-3-7-18-10-14-15-16-17(10)9-4-5-9/h9,13H,3-7H2,1-2H3. The molecule has 0 aliphatic heterocycles. The average molecular weight is 266 g/mol. The monoisotopic (exact) mass is 266 g/mol. The van der Waals surface area contributed by atoms with Gasteiger partial charge in [0.1, 0.15) is 5.54 Å². The summed E-state index contributed by atoms with van der Waals surface area (Å²) in [6.07, 6.45) is 4.17. The smallest absolute Gasteiger partial charge is 0.209 e. The van der Waals surface area contributed by atoms with E-state index in [1.165, 1.54) is 12.8 Å². The molecule has 1 aliphatic rings. The molecule has 1 N–H and O–H groups in total. The SMILES string of the molecule is CNC(C)(C#N)CCCSc1nnnn1C1CC1. The zero-order chi connectivity index (χ0) is 13.0. The van der Waals surface area contributed by atoms with Crippen LogP contribution in [0.3, 0.4) is 0 Å². The number of aromatic nitrogens is 4. The molecule has 2 rings (SSSR count). The lowest BCUT2D eigenvalue weighted by Gasteiger charge is -2.19. The largest absolute Gasteiger partial charge is 0.303 e. The van der Waals surface area contributed by atoms with E-state index in [-0.39, 0.29) is 0 Å². The Morgan fingerprint density at radius 3 is 3.00 bits per heavy atom. The Balaban J connectivity index is 1.75. The first kappa shape index (κ1) is 13.3. The summed E-state index contributed by atoms with van der Waals surface area (Å²) < 4.78 is 1.92. The van der Waals surface area contributed by atoms with Crippen molar-refractivity contribution in [1.82, 2.24) is 25.5 Å². The van der Waals surface area contributed by atoms with Crippen LogP contribution in [0, 0.1) is 11.3 Å². The van der Waals surface area contributed by atoms with Gasteiger partial charge in [-0.1, -0.05) is 11.8 Å². The van der Waals surface area contributed by atoms with E-state index in [2.05, 4.69) is 26.9 Å². The molecule has 1 aromatic rings. The Kier molecular flexibility index (Phi) is 4.19. The maximum absolute atomic E-state index is 9.04. The quantitative estimate of drug-likeness (QED) is 0.593. The van der Waals surface area contributed by atoms with Crippen molar-refractivity contribution in [3.05, 3.63) is 0 Å². The molecule has 1 atom stereocenters. The van der Waals surface area contributed by atoms with E-state index < -0.39 is 5.54 Å². The van der Waals surface area contributed by atoms with Gasteiger partial charge in [-0.25, -0.2) is 4.68 Å². The molecule has 1 heterocycles. The summed E-state index contributed by atoms with van der Waals surface area (Å²) in [5.41, 5.74) is -0.428. The average Bonchev–Trinajstić information content (AvgIpc) is 3.14. The second-order valence-corrected chi connectivity index (χ2v) is 5.85. The number of nitrogens with zero attached hydrogens (tertiary/aromatic N) is 5. The molecular formula is C11H18N6S. The zero-order valence-corrected chi connectivity index (χ0v) is 11.6. The molecule has 18 heavy (non-hydrogen) atoms. The Hall–Kier alpha value is -1.13. The van der Waals surface area contributed by atoms with Gasteiger partial charge in [0.15, 0.2) is 0 Å². The third kappa shape index (κ3) is 3.21. The number of thioether (sulfide) groups is 1. The predicted octanol–water partition coefficient (Wildman–Crippen LogP) is 1.38. The van der Waals surface area contributed by atoms with Crippen LogP contribution in [-0.4, -0.2) is 38.5 Å². The van der Waals surface area contributed by atoms with E-state index in [0.717, 1.165) is 23.8 Å². The van der Waals surface area contributed by atoms with Gasteiger partial charge in [0.05, 0.1) is 12.1 Å². The van der Waals surface area contributed by atoms with Crippen molar-refractivity contribution in [2.24, 2.45) is 0 Å². The van der Waals surface area contributed by atoms with Crippen molar-refractivity contribution in [2.45, 2.75) is 49.3 Å². The summed E-state index contributed by atoms with van der Waals surface area (Å²) >= 11 is 1.67. The minimum absolute atomic E-state index is 0.428. The Morgan fingerprint density at radius 2 is 2.39 bits per heavy atom. The van der Waals surface area contributed by atoms with Crippen molar-refractivity contribution in [3.63, 3.8) is 0 Å². The summed E-state index contributed by atoms with van der Waals surface area (Å²) in [7, 11) is 1.82. The molecular weight excluding hydrogens is 248 g/mol. The first-order valence-corrected chi connectivity index (χ1v) is 7.18.